The Morgan fingerprint density at radius 3 is 2.55 bits per heavy atom. The van der Waals surface area contributed by atoms with E-state index in [4.69, 9.17) is 0 Å². The minimum absolute atomic E-state index is 0.0520. The van der Waals surface area contributed by atoms with E-state index in [2.05, 4.69) is 20.6 Å². The molecule has 4 heterocycles. The molecule has 3 aliphatic rings. The van der Waals surface area contributed by atoms with Crippen molar-refractivity contribution in [3.8, 4) is 5.88 Å². The Bertz CT molecular complexity index is 1470. The normalized spacial score (nSPS) is 21.7. The third-order valence-corrected chi connectivity index (χ3v) is 7.79. The number of piperazine rings is 1. The van der Waals surface area contributed by atoms with Crippen molar-refractivity contribution in [2.75, 3.05) is 31.6 Å². The first kappa shape index (κ1) is 25.4. The second-order valence-electron chi connectivity index (χ2n) is 10.1. The molecule has 200 valence electrons. The number of hydrogen-bond donors (Lipinski definition) is 4. The molecule has 4 N–H and O–H groups in total. The minimum atomic E-state index is -1.51. The van der Waals surface area contributed by atoms with E-state index in [0.29, 0.717) is 30.8 Å². The first-order chi connectivity index (χ1) is 18.1. The Hall–Kier alpha value is -4.26. The van der Waals surface area contributed by atoms with Crippen molar-refractivity contribution in [1.82, 2.24) is 25.1 Å². The van der Waals surface area contributed by atoms with E-state index in [9.17, 15) is 29.1 Å². The molecule has 2 atom stereocenters. The maximum Gasteiger partial charge on any atom is 0.331 e. The molecule has 4 amide bonds. The van der Waals surface area contributed by atoms with E-state index in [0.717, 1.165) is 16.8 Å². The molecule has 0 radical (unpaired) electrons. The van der Waals surface area contributed by atoms with Gasteiger partial charge in [-0.2, -0.15) is 0 Å². The van der Waals surface area contributed by atoms with Crippen LogP contribution in [0.3, 0.4) is 0 Å². The molecular formula is C25H29N7O6. The smallest absolute Gasteiger partial charge is 0.331 e. The summed E-state index contributed by atoms with van der Waals surface area (Å²) < 4.78 is 1.11. The number of aromatic amines is 1. The standard InChI is InChI=1S/C25H29N7O6/c1-4-13(2)32-20(34)16(19(33)27-24(32)38)11-26-15-5-6-17-14(9-15)10-25(18-12-30(3)7-8-31(17)18)21(35)28-23(37)29-22(25)36/h5-6,9,11,13,18,34H,4,7-8,10,12H2,1-3H3,(H,27,33,38)(H2,28,29,35,36,37)/t13-,18-/m0/s1. The highest BCUT2D eigenvalue weighted by molar-refractivity contribution is 6.20. The van der Waals surface area contributed by atoms with Gasteiger partial charge in [0, 0.05) is 37.6 Å². The number of nitrogens with zero attached hydrogens (tertiary/aromatic N) is 4. The van der Waals surface area contributed by atoms with Crippen LogP contribution in [0.25, 0.3) is 0 Å². The Balaban J connectivity index is 1.56. The number of anilines is 1. The van der Waals surface area contributed by atoms with Crippen molar-refractivity contribution in [3.05, 3.63) is 50.2 Å². The Morgan fingerprint density at radius 1 is 1.16 bits per heavy atom. The molecule has 2 fully saturated rings. The van der Waals surface area contributed by atoms with Gasteiger partial charge < -0.3 is 14.9 Å². The van der Waals surface area contributed by atoms with Crippen LogP contribution >= 0.6 is 0 Å². The summed E-state index contributed by atoms with van der Waals surface area (Å²) in [4.78, 5) is 73.5. The number of urea groups is 1. The van der Waals surface area contributed by atoms with Crippen LogP contribution in [0.2, 0.25) is 0 Å². The quantitative estimate of drug-likeness (QED) is 0.320. The van der Waals surface area contributed by atoms with Crippen LogP contribution in [0.1, 0.15) is 37.4 Å². The zero-order valence-electron chi connectivity index (χ0n) is 21.3. The van der Waals surface area contributed by atoms with Gasteiger partial charge in [-0.3, -0.25) is 39.6 Å². The van der Waals surface area contributed by atoms with Crippen molar-refractivity contribution in [1.29, 1.82) is 0 Å². The number of hydrogen-bond acceptors (Lipinski definition) is 9. The molecule has 2 saturated heterocycles. The Morgan fingerprint density at radius 2 is 1.87 bits per heavy atom. The maximum absolute atomic E-state index is 13.2. The summed E-state index contributed by atoms with van der Waals surface area (Å²) in [5, 5.41) is 15.2. The third-order valence-electron chi connectivity index (χ3n) is 7.79. The summed E-state index contributed by atoms with van der Waals surface area (Å²) in [6.07, 6.45) is 1.79. The molecule has 1 aromatic carbocycles. The second-order valence-corrected chi connectivity index (χ2v) is 10.1. The van der Waals surface area contributed by atoms with Crippen molar-refractivity contribution in [2.45, 2.75) is 38.8 Å². The number of aromatic hydroxyl groups is 1. The first-order valence-electron chi connectivity index (χ1n) is 12.4. The van der Waals surface area contributed by atoms with Crippen LogP contribution in [0.5, 0.6) is 5.88 Å². The molecule has 13 heteroatoms. The molecule has 1 aromatic heterocycles. The van der Waals surface area contributed by atoms with Gasteiger partial charge in [0.2, 0.25) is 17.7 Å². The molecule has 13 nitrogen and oxygen atoms in total. The van der Waals surface area contributed by atoms with Gasteiger partial charge in [0.15, 0.2) is 5.41 Å². The lowest BCUT2D eigenvalue weighted by atomic mass is 9.68. The number of carbonyl (C=O) groups excluding carboxylic acids is 3. The minimum Gasteiger partial charge on any atom is -0.494 e. The first-order valence-corrected chi connectivity index (χ1v) is 12.4. The van der Waals surface area contributed by atoms with Gasteiger partial charge in [0.05, 0.1) is 11.7 Å². The summed E-state index contributed by atoms with van der Waals surface area (Å²) in [6.45, 7) is 5.36. The fourth-order valence-electron chi connectivity index (χ4n) is 5.55. The van der Waals surface area contributed by atoms with E-state index in [1.807, 2.05) is 29.8 Å². The topological polar surface area (TPSA) is 169 Å². The van der Waals surface area contributed by atoms with Crippen LogP contribution in [0, 0.1) is 5.41 Å². The maximum atomic E-state index is 13.2. The second kappa shape index (κ2) is 9.24. The van der Waals surface area contributed by atoms with E-state index in [1.165, 1.54) is 6.21 Å². The van der Waals surface area contributed by atoms with Crippen molar-refractivity contribution in [2.24, 2.45) is 10.4 Å². The zero-order chi connectivity index (χ0) is 27.4. The Kier molecular flexibility index (Phi) is 6.18. The van der Waals surface area contributed by atoms with Gasteiger partial charge in [0.25, 0.3) is 5.56 Å². The lowest BCUT2D eigenvalue weighted by Gasteiger charge is -2.53. The summed E-state index contributed by atoms with van der Waals surface area (Å²) in [5.41, 5.74) is -1.20. The number of barbiturate groups is 1. The molecule has 38 heavy (non-hydrogen) atoms. The summed E-state index contributed by atoms with van der Waals surface area (Å²) in [6, 6.07) is 3.64. The lowest BCUT2D eigenvalue weighted by molar-refractivity contribution is -0.147. The number of rotatable bonds is 4. The summed E-state index contributed by atoms with van der Waals surface area (Å²) in [7, 11) is 1.92. The number of amides is 4. The highest BCUT2D eigenvalue weighted by atomic mass is 16.3. The SMILES string of the molecule is CC[C@H](C)n1c(O)c(C=Nc2ccc3c(c2)CC2(C(=O)NC(=O)NC2=O)[C@@H]2CN(C)CCN32)c(=O)[nH]c1=O. The monoisotopic (exact) mass is 523 g/mol. The average Bonchev–Trinajstić information content (AvgIpc) is 2.86. The summed E-state index contributed by atoms with van der Waals surface area (Å²) in [5.74, 6) is -1.76. The van der Waals surface area contributed by atoms with Crippen molar-refractivity contribution >= 4 is 35.4 Å². The third kappa shape index (κ3) is 3.90. The molecular weight excluding hydrogens is 494 g/mol. The van der Waals surface area contributed by atoms with Crippen LogP contribution in [0.15, 0.2) is 32.8 Å². The van der Waals surface area contributed by atoms with Gasteiger partial charge in [-0.05, 0) is 50.6 Å². The molecule has 2 aromatic rings. The van der Waals surface area contributed by atoms with Crippen LogP contribution in [-0.2, 0) is 16.0 Å². The van der Waals surface area contributed by atoms with Gasteiger partial charge >= 0.3 is 11.7 Å². The largest absolute Gasteiger partial charge is 0.494 e. The highest BCUT2D eigenvalue weighted by Gasteiger charge is 2.60. The Labute approximate surface area is 217 Å². The van der Waals surface area contributed by atoms with Crippen LogP contribution in [0.4, 0.5) is 16.2 Å². The predicted molar refractivity (Wildman–Crippen MR) is 138 cm³/mol. The summed E-state index contributed by atoms with van der Waals surface area (Å²) >= 11 is 0. The highest BCUT2D eigenvalue weighted by Crippen LogP contribution is 2.45. The number of aliphatic imine (C=N–C) groups is 1. The van der Waals surface area contributed by atoms with Crippen LogP contribution in [-0.4, -0.2) is 76.3 Å². The van der Waals surface area contributed by atoms with Gasteiger partial charge in [0.1, 0.15) is 5.56 Å². The fourth-order valence-corrected chi connectivity index (χ4v) is 5.55. The number of aromatic nitrogens is 2. The molecule has 0 bridgehead atoms. The lowest BCUT2D eigenvalue weighted by Crippen LogP contribution is -2.74. The molecule has 1 spiro atoms. The van der Waals surface area contributed by atoms with E-state index in [1.54, 1.807) is 19.1 Å². The number of likely N-dealkylation sites (N-methyl/N-ethyl adjacent to an activating group) is 1. The zero-order valence-corrected chi connectivity index (χ0v) is 21.3. The van der Waals surface area contributed by atoms with Crippen LogP contribution < -0.4 is 26.8 Å². The number of carbonyl (C=O) groups is 3. The number of imide groups is 2. The number of fused-ring (bicyclic) bond motifs is 4. The van der Waals surface area contributed by atoms with Crippen molar-refractivity contribution in [3.63, 3.8) is 0 Å². The number of benzene rings is 1. The molecule has 5 rings (SSSR count). The molecule has 0 unspecified atom stereocenters. The average molecular weight is 524 g/mol. The van der Waals surface area contributed by atoms with E-state index < -0.39 is 46.4 Å². The fraction of sp³-hybridized carbons (Fsp3) is 0.440. The van der Waals surface area contributed by atoms with E-state index >= 15 is 0 Å². The number of H-pyrrole nitrogens is 1. The number of nitrogens with one attached hydrogen (secondary N) is 3. The van der Waals surface area contributed by atoms with Crippen molar-refractivity contribution < 1.29 is 19.5 Å². The molecule has 0 aliphatic carbocycles. The van der Waals surface area contributed by atoms with Gasteiger partial charge in [-0.1, -0.05) is 6.92 Å². The van der Waals surface area contributed by atoms with Gasteiger partial charge in [-0.25, -0.2) is 9.59 Å². The molecule has 0 saturated carbocycles. The predicted octanol–water partition coefficient (Wildman–Crippen LogP) is -0.00730. The van der Waals surface area contributed by atoms with Gasteiger partial charge in [-0.15, -0.1) is 0 Å². The molecule has 3 aliphatic heterocycles. The van der Waals surface area contributed by atoms with E-state index in [-0.39, 0.29) is 18.0 Å².